The number of esters is 1. The second-order valence-electron chi connectivity index (χ2n) is 7.60. The van der Waals surface area contributed by atoms with Crippen LogP contribution in [-0.2, 0) is 15.9 Å². The molecule has 0 saturated carbocycles. The summed E-state index contributed by atoms with van der Waals surface area (Å²) in [7, 11) is 1.56. The van der Waals surface area contributed by atoms with Crippen molar-refractivity contribution < 1.29 is 44.5 Å². The number of hydrogen-bond donors (Lipinski definition) is 5. The number of rotatable bonds is 4. The van der Waals surface area contributed by atoms with Gasteiger partial charge in [0.05, 0.1) is 12.7 Å². The molecule has 2 aromatic rings. The standard InChI is InChI=1S/C23H22O9/c1-30-14-4-2-11(3-5-14)22-20(10-15-16(25)8-13(24)9-19(15)31-22)32-23(29)12-6-17(26)21(28)18(27)7-12/h2,4-9,11,20,22,24-28H,3,10H2,1H3/t11?,20-,22-/m1/s1. The van der Waals surface area contributed by atoms with Crippen LogP contribution in [0.25, 0.3) is 0 Å². The Labute approximate surface area is 183 Å². The molecule has 0 fully saturated rings. The van der Waals surface area contributed by atoms with Crippen LogP contribution in [0.1, 0.15) is 22.3 Å². The fourth-order valence-corrected chi connectivity index (χ4v) is 3.88. The highest BCUT2D eigenvalue weighted by atomic mass is 16.6. The summed E-state index contributed by atoms with van der Waals surface area (Å²) < 4.78 is 16.9. The number of benzene rings is 2. The van der Waals surface area contributed by atoms with Crippen LogP contribution >= 0.6 is 0 Å². The predicted octanol–water partition coefficient (Wildman–Crippen LogP) is 2.85. The molecule has 0 amide bonds. The Balaban J connectivity index is 1.64. The van der Waals surface area contributed by atoms with Crippen molar-refractivity contribution in [3.05, 3.63) is 59.4 Å². The Hall–Kier alpha value is -4.01. The highest BCUT2D eigenvalue weighted by Gasteiger charge is 2.39. The number of fused-ring (bicyclic) bond motifs is 1. The normalized spacial score (nSPS) is 21.8. The van der Waals surface area contributed by atoms with Gasteiger partial charge in [-0.3, -0.25) is 0 Å². The molecule has 5 N–H and O–H groups in total. The van der Waals surface area contributed by atoms with Gasteiger partial charge < -0.3 is 39.7 Å². The minimum Gasteiger partial charge on any atom is -0.508 e. The summed E-state index contributed by atoms with van der Waals surface area (Å²) in [5.41, 5.74) is 0.208. The molecule has 1 aliphatic heterocycles. The molecule has 4 rings (SSSR count). The van der Waals surface area contributed by atoms with Crippen molar-refractivity contribution in [3.8, 4) is 34.5 Å². The van der Waals surface area contributed by atoms with E-state index in [1.807, 2.05) is 12.2 Å². The molecule has 9 nitrogen and oxygen atoms in total. The average Bonchev–Trinajstić information content (AvgIpc) is 2.77. The molecule has 2 aromatic carbocycles. The van der Waals surface area contributed by atoms with Crippen molar-refractivity contribution in [2.24, 2.45) is 5.92 Å². The Morgan fingerprint density at radius 3 is 2.38 bits per heavy atom. The highest BCUT2D eigenvalue weighted by Crippen LogP contribution is 2.42. The SMILES string of the molecule is COC1=CCC([C@H]2Oc3cc(O)cc(O)c3C[C@H]2OC(=O)c2cc(O)c(O)c(O)c2)C=C1. The van der Waals surface area contributed by atoms with E-state index in [0.29, 0.717) is 17.7 Å². The van der Waals surface area contributed by atoms with E-state index in [0.717, 1.165) is 12.1 Å². The van der Waals surface area contributed by atoms with E-state index in [2.05, 4.69) is 0 Å². The summed E-state index contributed by atoms with van der Waals surface area (Å²) in [6.07, 6.45) is 4.68. The molecule has 1 heterocycles. The van der Waals surface area contributed by atoms with E-state index in [-0.39, 0.29) is 35.2 Å². The third kappa shape index (κ3) is 3.96. The molecule has 1 aliphatic carbocycles. The summed E-state index contributed by atoms with van der Waals surface area (Å²) in [5, 5.41) is 49.0. The highest BCUT2D eigenvalue weighted by molar-refractivity contribution is 5.91. The van der Waals surface area contributed by atoms with Crippen molar-refractivity contribution in [2.45, 2.75) is 25.0 Å². The summed E-state index contributed by atoms with van der Waals surface area (Å²) in [4.78, 5) is 12.8. The fraction of sp³-hybridized carbons (Fsp3) is 0.261. The molecule has 0 spiro atoms. The van der Waals surface area contributed by atoms with Crippen LogP contribution in [-0.4, -0.2) is 50.8 Å². The zero-order chi connectivity index (χ0) is 23.0. The zero-order valence-corrected chi connectivity index (χ0v) is 17.1. The maximum Gasteiger partial charge on any atom is 0.338 e. The predicted molar refractivity (Wildman–Crippen MR) is 111 cm³/mol. The summed E-state index contributed by atoms with van der Waals surface area (Å²) >= 11 is 0. The lowest BCUT2D eigenvalue weighted by Crippen LogP contribution is -2.45. The zero-order valence-electron chi connectivity index (χ0n) is 17.1. The Morgan fingerprint density at radius 1 is 1.03 bits per heavy atom. The Bertz CT molecular complexity index is 1100. The number of phenols is 5. The molecular weight excluding hydrogens is 420 g/mol. The fourth-order valence-electron chi connectivity index (χ4n) is 3.88. The number of hydrogen-bond acceptors (Lipinski definition) is 9. The van der Waals surface area contributed by atoms with E-state index in [4.69, 9.17) is 14.2 Å². The van der Waals surface area contributed by atoms with E-state index in [9.17, 15) is 30.3 Å². The molecule has 0 saturated heterocycles. The monoisotopic (exact) mass is 442 g/mol. The van der Waals surface area contributed by atoms with Crippen LogP contribution in [0.2, 0.25) is 0 Å². The van der Waals surface area contributed by atoms with Crippen LogP contribution in [0.3, 0.4) is 0 Å². The van der Waals surface area contributed by atoms with Crippen molar-refractivity contribution in [2.75, 3.05) is 7.11 Å². The van der Waals surface area contributed by atoms with Gasteiger partial charge in [0.1, 0.15) is 35.2 Å². The minimum absolute atomic E-state index is 0.110. The first-order valence-electron chi connectivity index (χ1n) is 9.86. The molecular formula is C23H22O9. The van der Waals surface area contributed by atoms with Gasteiger partial charge in [-0.1, -0.05) is 6.08 Å². The molecule has 0 radical (unpaired) electrons. The number of aromatic hydroxyl groups is 5. The lowest BCUT2D eigenvalue weighted by Gasteiger charge is -2.37. The van der Waals surface area contributed by atoms with Gasteiger partial charge >= 0.3 is 5.97 Å². The van der Waals surface area contributed by atoms with Gasteiger partial charge in [0.25, 0.3) is 0 Å². The molecule has 3 atom stereocenters. The van der Waals surface area contributed by atoms with Crippen LogP contribution in [0.5, 0.6) is 34.5 Å². The van der Waals surface area contributed by atoms with E-state index in [1.54, 1.807) is 13.2 Å². The van der Waals surface area contributed by atoms with Gasteiger partial charge in [0, 0.05) is 30.0 Å². The lowest BCUT2D eigenvalue weighted by atomic mass is 9.86. The van der Waals surface area contributed by atoms with E-state index < -0.39 is 35.4 Å². The number of methoxy groups -OCH3 is 1. The Morgan fingerprint density at radius 2 is 1.75 bits per heavy atom. The third-order valence-electron chi connectivity index (χ3n) is 5.53. The van der Waals surface area contributed by atoms with Gasteiger partial charge in [-0.2, -0.15) is 0 Å². The van der Waals surface area contributed by atoms with Crippen LogP contribution in [0.15, 0.2) is 48.3 Å². The number of phenolic OH excluding ortho intramolecular Hbond substituents is 5. The second kappa shape index (κ2) is 8.26. The van der Waals surface area contributed by atoms with E-state index in [1.165, 1.54) is 12.1 Å². The molecule has 2 aliphatic rings. The van der Waals surface area contributed by atoms with Gasteiger partial charge in [0.2, 0.25) is 0 Å². The quantitative estimate of drug-likeness (QED) is 0.356. The van der Waals surface area contributed by atoms with Crippen LogP contribution in [0, 0.1) is 5.92 Å². The van der Waals surface area contributed by atoms with Crippen LogP contribution < -0.4 is 4.74 Å². The molecule has 168 valence electrons. The lowest BCUT2D eigenvalue weighted by molar-refractivity contribution is -0.0311. The first-order chi connectivity index (χ1) is 15.3. The maximum atomic E-state index is 12.8. The number of carbonyl (C=O) groups is 1. The summed E-state index contributed by atoms with van der Waals surface area (Å²) in [6.45, 7) is 0. The molecule has 0 bridgehead atoms. The smallest absolute Gasteiger partial charge is 0.338 e. The number of carbonyl (C=O) groups excluding carboxylic acids is 1. The van der Waals surface area contributed by atoms with Gasteiger partial charge in [-0.15, -0.1) is 0 Å². The van der Waals surface area contributed by atoms with Crippen molar-refractivity contribution in [1.82, 2.24) is 0 Å². The first kappa shape index (κ1) is 21.2. The first-order valence-corrected chi connectivity index (χ1v) is 9.86. The number of ether oxygens (including phenoxy) is 3. The third-order valence-corrected chi connectivity index (χ3v) is 5.53. The number of allylic oxidation sites excluding steroid dienone is 2. The van der Waals surface area contributed by atoms with Crippen molar-refractivity contribution >= 4 is 5.97 Å². The molecule has 32 heavy (non-hydrogen) atoms. The minimum atomic E-state index is -0.858. The molecule has 1 unspecified atom stereocenters. The van der Waals surface area contributed by atoms with Gasteiger partial charge in [-0.25, -0.2) is 4.79 Å². The summed E-state index contributed by atoms with van der Waals surface area (Å²) in [5.74, 6) is -2.52. The second-order valence-corrected chi connectivity index (χ2v) is 7.60. The van der Waals surface area contributed by atoms with E-state index >= 15 is 0 Å². The summed E-state index contributed by atoms with van der Waals surface area (Å²) in [6, 6.07) is 4.52. The topological polar surface area (TPSA) is 146 Å². The van der Waals surface area contributed by atoms with Crippen LogP contribution in [0.4, 0.5) is 0 Å². The van der Waals surface area contributed by atoms with Gasteiger partial charge in [-0.05, 0) is 30.7 Å². The maximum absolute atomic E-state index is 12.8. The average molecular weight is 442 g/mol. The largest absolute Gasteiger partial charge is 0.508 e. The van der Waals surface area contributed by atoms with Crippen molar-refractivity contribution in [3.63, 3.8) is 0 Å². The Kier molecular flexibility index (Phi) is 5.48. The molecule has 9 heteroatoms. The van der Waals surface area contributed by atoms with Gasteiger partial charge in [0.15, 0.2) is 17.2 Å². The van der Waals surface area contributed by atoms with Crippen molar-refractivity contribution in [1.29, 1.82) is 0 Å². The molecule has 0 aromatic heterocycles.